The molecular weight excluding hydrogens is 582 g/mol. The third-order valence-corrected chi connectivity index (χ3v) is 9.77. The van der Waals surface area contributed by atoms with Crippen molar-refractivity contribution >= 4 is 55.8 Å². The second kappa shape index (κ2) is 9.48. The lowest BCUT2D eigenvalue weighted by Gasteiger charge is -2.42. The van der Waals surface area contributed by atoms with Gasteiger partial charge in [-0.1, -0.05) is 61.0 Å². The molecule has 0 aromatic heterocycles. The summed E-state index contributed by atoms with van der Waals surface area (Å²) >= 11 is 3.28. The molecule has 7 rings (SSSR count). The second-order valence-electron chi connectivity index (χ2n) is 11.1. The maximum absolute atomic E-state index is 14.1. The van der Waals surface area contributed by atoms with E-state index in [1.165, 1.54) is 11.0 Å². The fraction of sp³-hybridized carbons (Fsp3) is 0.235. The number of Topliss-reactive ketones (excluding diaryl/α,β-unsaturated/α-hetero) is 1. The summed E-state index contributed by atoms with van der Waals surface area (Å²) < 4.78 is 0.196. The van der Waals surface area contributed by atoms with Crippen LogP contribution in [0.5, 0.6) is 5.75 Å². The molecule has 3 aromatic rings. The first-order chi connectivity index (χ1) is 19.8. The fourth-order valence-electron chi connectivity index (χ4n) is 7.26. The molecule has 1 heterocycles. The summed E-state index contributed by atoms with van der Waals surface area (Å²) in [5.41, 5.74) is 4.15. The number of hydrogen-bond donors (Lipinski definition) is 1. The second-order valence-corrected chi connectivity index (χ2v) is 12.0. The lowest BCUT2D eigenvalue weighted by molar-refractivity contribution is -0.123. The zero-order valence-electron chi connectivity index (χ0n) is 22.3. The van der Waals surface area contributed by atoms with Gasteiger partial charge in [-0.15, -0.1) is 0 Å². The van der Waals surface area contributed by atoms with Gasteiger partial charge in [0.05, 0.1) is 22.0 Å². The molecule has 7 heteroatoms. The Hall–Kier alpha value is -4.10. The van der Waals surface area contributed by atoms with E-state index >= 15 is 0 Å². The summed E-state index contributed by atoms with van der Waals surface area (Å²) in [5, 5.41) is 12.0. The van der Waals surface area contributed by atoms with Crippen LogP contribution in [0.25, 0.3) is 10.8 Å². The van der Waals surface area contributed by atoms with Gasteiger partial charge in [0.25, 0.3) is 0 Å². The monoisotopic (exact) mass is 607 g/mol. The Labute approximate surface area is 245 Å². The van der Waals surface area contributed by atoms with Gasteiger partial charge in [0, 0.05) is 28.5 Å². The van der Waals surface area contributed by atoms with Crippen molar-refractivity contribution in [1.29, 1.82) is 0 Å². The Kier molecular flexibility index (Phi) is 5.98. The highest BCUT2D eigenvalue weighted by Gasteiger charge is 2.56. The van der Waals surface area contributed by atoms with Gasteiger partial charge in [0.2, 0.25) is 11.8 Å². The first-order valence-corrected chi connectivity index (χ1v) is 14.7. The van der Waals surface area contributed by atoms with Crippen LogP contribution in [0.1, 0.15) is 36.8 Å². The number of allylic oxidation sites excluding steroid dienone is 6. The van der Waals surface area contributed by atoms with Crippen molar-refractivity contribution in [2.24, 2.45) is 17.8 Å². The predicted molar refractivity (Wildman–Crippen MR) is 159 cm³/mol. The number of imide groups is 1. The van der Waals surface area contributed by atoms with Gasteiger partial charge in [-0.05, 0) is 75.8 Å². The molecule has 0 bridgehead atoms. The molecule has 1 N–H and O–H groups in total. The van der Waals surface area contributed by atoms with Gasteiger partial charge in [0.1, 0.15) is 5.75 Å². The first-order valence-electron chi connectivity index (χ1n) is 13.9. The number of benzene rings is 3. The lowest BCUT2D eigenvalue weighted by atomic mass is 9.59. The molecule has 4 aliphatic rings. The molecule has 0 spiro atoms. The van der Waals surface area contributed by atoms with Gasteiger partial charge in [-0.3, -0.25) is 24.1 Å². The van der Waals surface area contributed by atoms with Crippen molar-refractivity contribution in [2.75, 3.05) is 4.90 Å². The molecule has 1 aliphatic heterocycles. The third-order valence-electron chi connectivity index (χ3n) is 9.18. The maximum atomic E-state index is 14.1. The SMILES string of the molecule is CCc1ccc(N2C(=O)[C@H]3[C@H](CC=C4[C@H](c5ccc(O)c6ccccc56)C5=C(C[C@H]43)C(=O)C(Br)=CC5=O)C2=O)cc1. The molecule has 0 saturated carbocycles. The highest BCUT2D eigenvalue weighted by atomic mass is 79.9. The van der Waals surface area contributed by atoms with Crippen LogP contribution in [0, 0.1) is 17.8 Å². The number of fused-ring (bicyclic) bond motifs is 4. The van der Waals surface area contributed by atoms with Gasteiger partial charge >= 0.3 is 0 Å². The molecule has 0 unspecified atom stereocenters. The number of anilines is 1. The van der Waals surface area contributed by atoms with E-state index in [9.17, 15) is 24.3 Å². The predicted octanol–water partition coefficient (Wildman–Crippen LogP) is 6.07. The standard InChI is InChI=1S/C34H26BrNO5/c1-2-17-7-9-18(10-8-17)36-33(40)23-12-11-22-24(30(23)34(36)41)15-25-31(28(38)16-26(35)32(25)39)29(22)21-13-14-27(37)20-6-4-3-5-19(20)21/h3-11,13-14,16,23-24,29-30,37H,2,12,15H2,1H3/t23-,24+,29-,30-/m0/s1. The number of ketones is 2. The topological polar surface area (TPSA) is 91.8 Å². The van der Waals surface area contributed by atoms with Crippen LogP contribution in [-0.2, 0) is 25.6 Å². The van der Waals surface area contributed by atoms with Crippen LogP contribution in [0.15, 0.2) is 94.0 Å². The van der Waals surface area contributed by atoms with E-state index in [0.717, 1.165) is 28.5 Å². The highest BCUT2D eigenvalue weighted by molar-refractivity contribution is 9.12. The molecule has 204 valence electrons. The zero-order valence-corrected chi connectivity index (χ0v) is 23.9. The molecule has 1 saturated heterocycles. The largest absolute Gasteiger partial charge is 0.507 e. The normalized spacial score (nSPS) is 25.7. The lowest BCUT2D eigenvalue weighted by Crippen LogP contribution is -2.39. The molecular formula is C34H26BrNO5. The Morgan fingerprint density at radius 1 is 0.902 bits per heavy atom. The van der Waals surface area contributed by atoms with E-state index in [1.54, 1.807) is 12.1 Å². The van der Waals surface area contributed by atoms with Gasteiger partial charge in [-0.25, -0.2) is 0 Å². The molecule has 6 nitrogen and oxygen atoms in total. The Balaban J connectivity index is 1.39. The molecule has 41 heavy (non-hydrogen) atoms. The number of amides is 2. The van der Waals surface area contributed by atoms with E-state index in [-0.39, 0.29) is 40.0 Å². The summed E-state index contributed by atoms with van der Waals surface area (Å²) in [7, 11) is 0. The number of phenolic OH excluding ortho intramolecular Hbond substituents is 1. The number of phenols is 1. The molecule has 4 atom stereocenters. The number of carbonyl (C=O) groups excluding carboxylic acids is 4. The van der Waals surface area contributed by atoms with Crippen molar-refractivity contribution in [3.05, 3.63) is 105 Å². The van der Waals surface area contributed by atoms with Crippen LogP contribution < -0.4 is 4.90 Å². The van der Waals surface area contributed by atoms with Gasteiger partial charge < -0.3 is 5.11 Å². The maximum Gasteiger partial charge on any atom is 0.238 e. The minimum Gasteiger partial charge on any atom is -0.507 e. The van der Waals surface area contributed by atoms with E-state index in [0.29, 0.717) is 28.6 Å². The number of rotatable bonds is 3. The zero-order chi connectivity index (χ0) is 28.6. The van der Waals surface area contributed by atoms with Crippen LogP contribution in [0.4, 0.5) is 5.69 Å². The number of hydrogen-bond acceptors (Lipinski definition) is 5. The average molecular weight is 608 g/mol. The third kappa shape index (κ3) is 3.75. The summed E-state index contributed by atoms with van der Waals surface area (Å²) in [6, 6.07) is 18.3. The number of nitrogens with zero attached hydrogens (tertiary/aromatic N) is 1. The van der Waals surface area contributed by atoms with Crippen LogP contribution in [0.2, 0.25) is 0 Å². The summed E-state index contributed by atoms with van der Waals surface area (Å²) in [4.78, 5) is 56.2. The molecule has 3 aromatic carbocycles. The minimum absolute atomic E-state index is 0.124. The van der Waals surface area contributed by atoms with Gasteiger partial charge in [0.15, 0.2) is 11.6 Å². The summed E-state index contributed by atoms with van der Waals surface area (Å²) in [6.07, 6.45) is 4.78. The molecule has 2 amide bonds. The smallest absolute Gasteiger partial charge is 0.238 e. The van der Waals surface area contributed by atoms with Crippen LogP contribution in [0.3, 0.4) is 0 Å². The number of halogens is 1. The van der Waals surface area contributed by atoms with Crippen molar-refractivity contribution < 1.29 is 24.3 Å². The van der Waals surface area contributed by atoms with Crippen LogP contribution >= 0.6 is 15.9 Å². The summed E-state index contributed by atoms with van der Waals surface area (Å²) in [5.74, 6) is -3.05. The van der Waals surface area contributed by atoms with Crippen molar-refractivity contribution in [2.45, 2.75) is 32.1 Å². The number of carbonyl (C=O) groups is 4. The Morgan fingerprint density at radius 2 is 1.63 bits per heavy atom. The van der Waals surface area contributed by atoms with Gasteiger partial charge in [-0.2, -0.15) is 0 Å². The van der Waals surface area contributed by atoms with Crippen LogP contribution in [-0.4, -0.2) is 28.5 Å². The summed E-state index contributed by atoms with van der Waals surface area (Å²) in [6.45, 7) is 2.05. The molecule has 3 aliphatic carbocycles. The minimum atomic E-state index is -0.638. The quantitative estimate of drug-likeness (QED) is 0.221. The average Bonchev–Trinajstić information content (AvgIpc) is 3.25. The van der Waals surface area contributed by atoms with E-state index in [1.807, 2.05) is 61.5 Å². The van der Waals surface area contributed by atoms with Crippen molar-refractivity contribution in [1.82, 2.24) is 0 Å². The first kappa shape index (κ1) is 25.8. The Morgan fingerprint density at radius 3 is 2.37 bits per heavy atom. The fourth-order valence-corrected chi connectivity index (χ4v) is 7.70. The molecule has 1 fully saturated rings. The Bertz CT molecular complexity index is 1800. The molecule has 0 radical (unpaired) electrons. The van der Waals surface area contributed by atoms with Crippen molar-refractivity contribution in [3.63, 3.8) is 0 Å². The van der Waals surface area contributed by atoms with E-state index < -0.39 is 23.7 Å². The highest BCUT2D eigenvalue weighted by Crippen LogP contribution is 2.56. The van der Waals surface area contributed by atoms with E-state index in [4.69, 9.17) is 0 Å². The number of aryl methyl sites for hydroxylation is 1. The van der Waals surface area contributed by atoms with Crippen molar-refractivity contribution in [3.8, 4) is 5.75 Å². The number of aromatic hydroxyl groups is 1. The van der Waals surface area contributed by atoms with E-state index in [2.05, 4.69) is 15.9 Å².